The monoisotopic (exact) mass is 349 g/mol. The molecule has 2 N–H and O–H groups in total. The summed E-state index contributed by atoms with van der Waals surface area (Å²) in [4.78, 5) is 22.6. The predicted octanol–water partition coefficient (Wildman–Crippen LogP) is 3.68. The highest BCUT2D eigenvalue weighted by atomic mass is 16.3. The highest BCUT2D eigenvalue weighted by molar-refractivity contribution is 5.97. The van der Waals surface area contributed by atoms with Crippen molar-refractivity contribution in [3.63, 3.8) is 0 Å². The number of aromatic nitrogens is 2. The Morgan fingerprint density at radius 1 is 1.27 bits per heavy atom. The van der Waals surface area contributed by atoms with Crippen molar-refractivity contribution in [2.75, 3.05) is 6.54 Å². The van der Waals surface area contributed by atoms with Crippen LogP contribution in [0.4, 0.5) is 0 Å². The first kappa shape index (κ1) is 16.6. The van der Waals surface area contributed by atoms with Gasteiger partial charge in [-0.25, -0.2) is 4.98 Å². The molecule has 134 valence electrons. The average Bonchev–Trinajstić information content (AvgIpc) is 3.04. The van der Waals surface area contributed by atoms with E-state index in [9.17, 15) is 9.90 Å². The molecule has 26 heavy (non-hydrogen) atoms. The molecule has 5 heteroatoms. The number of aromatic hydroxyl groups is 1. The van der Waals surface area contributed by atoms with Gasteiger partial charge >= 0.3 is 0 Å². The number of carbonyl (C=O) groups excluding carboxylic acids is 1. The van der Waals surface area contributed by atoms with Crippen LogP contribution in [0.5, 0.6) is 5.75 Å². The zero-order chi connectivity index (χ0) is 18.1. The van der Waals surface area contributed by atoms with Crippen LogP contribution in [0, 0.1) is 0 Å². The third-order valence-electron chi connectivity index (χ3n) is 5.26. The minimum Gasteiger partial charge on any atom is -0.508 e. The van der Waals surface area contributed by atoms with Crippen molar-refractivity contribution in [3.05, 3.63) is 59.4 Å². The second-order valence-corrected chi connectivity index (χ2v) is 6.98. The maximum Gasteiger partial charge on any atom is 0.254 e. The van der Waals surface area contributed by atoms with Gasteiger partial charge in [-0.05, 0) is 60.7 Å². The number of hydrogen-bond acceptors (Lipinski definition) is 3. The fraction of sp³-hybridized carbons (Fsp3) is 0.333. The summed E-state index contributed by atoms with van der Waals surface area (Å²) in [6.45, 7) is 2.82. The first-order chi connectivity index (χ1) is 12.7. The van der Waals surface area contributed by atoms with Crippen LogP contribution in [0.15, 0.2) is 42.7 Å². The van der Waals surface area contributed by atoms with Crippen molar-refractivity contribution in [2.24, 2.45) is 0 Å². The Kier molecular flexibility index (Phi) is 4.37. The third kappa shape index (κ3) is 3.05. The molecule has 0 bridgehead atoms. The van der Waals surface area contributed by atoms with E-state index in [1.54, 1.807) is 12.4 Å². The number of nitrogens with one attached hydrogen (secondary N) is 1. The van der Waals surface area contributed by atoms with E-state index < -0.39 is 0 Å². The van der Waals surface area contributed by atoms with Gasteiger partial charge in [0.25, 0.3) is 5.91 Å². The number of nitrogens with zero attached hydrogens (tertiary/aromatic N) is 2. The zero-order valence-corrected chi connectivity index (χ0v) is 14.9. The molecule has 0 aliphatic carbocycles. The van der Waals surface area contributed by atoms with Crippen molar-refractivity contribution in [1.82, 2.24) is 14.9 Å². The van der Waals surface area contributed by atoms with Crippen molar-refractivity contribution in [3.8, 4) is 5.75 Å². The van der Waals surface area contributed by atoms with Crippen LogP contribution in [-0.2, 0) is 12.8 Å². The molecular weight excluding hydrogens is 326 g/mol. The lowest BCUT2D eigenvalue weighted by Crippen LogP contribution is -2.41. The first-order valence-corrected chi connectivity index (χ1v) is 9.20. The fourth-order valence-electron chi connectivity index (χ4n) is 3.92. The van der Waals surface area contributed by atoms with Crippen LogP contribution < -0.4 is 0 Å². The van der Waals surface area contributed by atoms with E-state index in [0.29, 0.717) is 17.9 Å². The van der Waals surface area contributed by atoms with Gasteiger partial charge in [-0.1, -0.05) is 19.4 Å². The van der Waals surface area contributed by atoms with Crippen molar-refractivity contribution >= 4 is 16.9 Å². The highest BCUT2D eigenvalue weighted by Crippen LogP contribution is 2.27. The summed E-state index contributed by atoms with van der Waals surface area (Å²) in [5.41, 5.74) is 4.82. The quantitative estimate of drug-likeness (QED) is 0.758. The smallest absolute Gasteiger partial charge is 0.254 e. The highest BCUT2D eigenvalue weighted by Gasteiger charge is 2.28. The third-order valence-corrected chi connectivity index (χ3v) is 5.26. The molecule has 0 spiro atoms. The van der Waals surface area contributed by atoms with Crippen molar-refractivity contribution in [1.29, 1.82) is 0 Å². The van der Waals surface area contributed by atoms with Crippen molar-refractivity contribution < 1.29 is 9.90 Å². The number of fused-ring (bicyclic) bond motifs is 2. The molecule has 1 atom stereocenters. The lowest BCUT2D eigenvalue weighted by atomic mass is 9.97. The lowest BCUT2D eigenvalue weighted by Gasteiger charge is -2.30. The maximum absolute atomic E-state index is 13.3. The Labute approximate surface area is 152 Å². The molecule has 2 heterocycles. The van der Waals surface area contributed by atoms with Crippen LogP contribution in [0.25, 0.3) is 11.0 Å². The Hall–Kier alpha value is -2.82. The van der Waals surface area contributed by atoms with Gasteiger partial charge in [0, 0.05) is 18.2 Å². The Morgan fingerprint density at radius 2 is 2.15 bits per heavy atom. The summed E-state index contributed by atoms with van der Waals surface area (Å²) in [5.74, 6) is 0.359. The van der Waals surface area contributed by atoms with E-state index in [-0.39, 0.29) is 11.9 Å². The van der Waals surface area contributed by atoms with Gasteiger partial charge in [0.1, 0.15) is 5.75 Å². The number of imidazole rings is 1. The van der Waals surface area contributed by atoms with Crippen molar-refractivity contribution in [2.45, 2.75) is 38.6 Å². The Bertz CT molecular complexity index is 947. The number of benzene rings is 2. The van der Waals surface area contributed by atoms with E-state index in [1.807, 2.05) is 35.2 Å². The van der Waals surface area contributed by atoms with Gasteiger partial charge in [0.05, 0.1) is 17.4 Å². The van der Waals surface area contributed by atoms with Crippen LogP contribution in [-0.4, -0.2) is 38.5 Å². The van der Waals surface area contributed by atoms with Crippen LogP contribution >= 0.6 is 0 Å². The molecule has 1 unspecified atom stereocenters. The SMILES string of the molecule is CCCC1Cc2ccc(O)cc2CCN1C(=O)c1ccc2nc[nH]c2c1. The molecule has 0 saturated heterocycles. The van der Waals surface area contributed by atoms with E-state index in [1.165, 1.54) is 5.56 Å². The predicted molar refractivity (Wildman–Crippen MR) is 101 cm³/mol. The van der Waals surface area contributed by atoms with Gasteiger partial charge in [-0.3, -0.25) is 4.79 Å². The fourth-order valence-corrected chi connectivity index (χ4v) is 3.92. The standard InChI is InChI=1S/C21H23N3O2/c1-2-3-17-10-14-4-6-18(25)11-15(14)8-9-24(17)21(26)16-5-7-19-20(12-16)23-13-22-19/h4-7,11-13,17,25H,2-3,8-10H2,1H3,(H,22,23). The number of aromatic amines is 1. The average molecular weight is 349 g/mol. The number of H-pyrrole nitrogens is 1. The zero-order valence-electron chi connectivity index (χ0n) is 14.9. The normalized spacial score (nSPS) is 17.1. The largest absolute Gasteiger partial charge is 0.508 e. The molecule has 1 amide bonds. The molecule has 0 saturated carbocycles. The molecule has 0 radical (unpaired) electrons. The van der Waals surface area contributed by atoms with Crippen LogP contribution in [0.2, 0.25) is 0 Å². The molecule has 5 nitrogen and oxygen atoms in total. The summed E-state index contributed by atoms with van der Waals surface area (Å²) >= 11 is 0. The molecule has 0 fully saturated rings. The lowest BCUT2D eigenvalue weighted by molar-refractivity contribution is 0.0676. The molecule has 1 aromatic heterocycles. The molecule has 2 aromatic carbocycles. The number of carbonyl (C=O) groups is 1. The topological polar surface area (TPSA) is 69.2 Å². The minimum atomic E-state index is 0.0666. The van der Waals surface area contributed by atoms with E-state index in [0.717, 1.165) is 42.3 Å². The van der Waals surface area contributed by atoms with E-state index in [2.05, 4.69) is 16.9 Å². The summed E-state index contributed by atoms with van der Waals surface area (Å²) in [7, 11) is 0. The summed E-state index contributed by atoms with van der Waals surface area (Å²) < 4.78 is 0. The summed E-state index contributed by atoms with van der Waals surface area (Å²) in [6.07, 6.45) is 5.25. The number of phenols is 1. The minimum absolute atomic E-state index is 0.0666. The Morgan fingerprint density at radius 3 is 3.00 bits per heavy atom. The molecule has 3 aromatic rings. The number of rotatable bonds is 3. The molecule has 1 aliphatic rings. The van der Waals surface area contributed by atoms with Gasteiger partial charge in [-0.2, -0.15) is 0 Å². The second kappa shape index (κ2) is 6.83. The molecule has 1 aliphatic heterocycles. The second-order valence-electron chi connectivity index (χ2n) is 6.98. The first-order valence-electron chi connectivity index (χ1n) is 9.20. The Balaban J connectivity index is 1.66. The summed E-state index contributed by atoms with van der Waals surface area (Å²) in [6, 6.07) is 11.4. The van der Waals surface area contributed by atoms with Crippen LogP contribution in [0.1, 0.15) is 41.3 Å². The molecular formula is C21H23N3O2. The van der Waals surface area contributed by atoms with Gasteiger partial charge in [-0.15, -0.1) is 0 Å². The number of phenolic OH excluding ortho intramolecular Hbond substituents is 1. The molecule has 4 rings (SSSR count). The van der Waals surface area contributed by atoms with Gasteiger partial charge < -0.3 is 15.0 Å². The van der Waals surface area contributed by atoms with Gasteiger partial charge in [0.2, 0.25) is 0 Å². The van der Waals surface area contributed by atoms with Gasteiger partial charge in [0.15, 0.2) is 0 Å². The maximum atomic E-state index is 13.3. The van der Waals surface area contributed by atoms with E-state index >= 15 is 0 Å². The van der Waals surface area contributed by atoms with E-state index in [4.69, 9.17) is 0 Å². The van der Waals surface area contributed by atoms with Crippen LogP contribution in [0.3, 0.4) is 0 Å². The summed E-state index contributed by atoms with van der Waals surface area (Å²) in [5, 5.41) is 9.79. The number of amides is 1. The number of hydrogen-bond donors (Lipinski definition) is 2.